The molecule has 0 fully saturated rings. The Labute approximate surface area is 626 Å². The number of phosphoric ester groups is 2. The van der Waals surface area contributed by atoms with E-state index in [1.165, 1.54) is 270 Å². The Balaban J connectivity index is 5.25. The fourth-order valence-corrected chi connectivity index (χ4v) is 14.5. The van der Waals surface area contributed by atoms with E-state index >= 15 is 0 Å². The molecule has 6 atom stereocenters. The number of unbranched alkanes of at least 4 members (excludes halogenated alkanes) is 54. The second-order valence-electron chi connectivity index (χ2n) is 30.1. The first-order chi connectivity index (χ1) is 49.6. The van der Waals surface area contributed by atoms with E-state index in [2.05, 4.69) is 34.6 Å². The van der Waals surface area contributed by atoms with Crippen molar-refractivity contribution < 1.29 is 80.2 Å². The highest BCUT2D eigenvalue weighted by molar-refractivity contribution is 7.47. The van der Waals surface area contributed by atoms with Crippen molar-refractivity contribution in [1.82, 2.24) is 0 Å². The summed E-state index contributed by atoms with van der Waals surface area (Å²) in [5.41, 5.74) is 0. The molecule has 606 valence electrons. The maximum atomic E-state index is 13.1. The van der Waals surface area contributed by atoms with Gasteiger partial charge in [0.25, 0.3) is 0 Å². The summed E-state index contributed by atoms with van der Waals surface area (Å²) in [5.74, 6) is -1.32. The van der Waals surface area contributed by atoms with Gasteiger partial charge in [0, 0.05) is 25.7 Å². The van der Waals surface area contributed by atoms with Crippen LogP contribution in [0.1, 0.15) is 446 Å². The number of aliphatic hydroxyl groups is 1. The molecule has 0 aromatic rings. The molecule has 0 aromatic heterocycles. The molecular weight excluding hydrogens is 1330 g/mol. The number of aliphatic hydroxyl groups excluding tert-OH is 1. The fourth-order valence-electron chi connectivity index (χ4n) is 12.9. The molecule has 0 heterocycles. The van der Waals surface area contributed by atoms with E-state index < -0.39 is 97.5 Å². The van der Waals surface area contributed by atoms with Crippen LogP contribution in [0.4, 0.5) is 0 Å². The molecule has 0 aliphatic rings. The van der Waals surface area contributed by atoms with Gasteiger partial charge in [0.05, 0.1) is 26.4 Å². The van der Waals surface area contributed by atoms with Gasteiger partial charge in [0.1, 0.15) is 19.3 Å². The van der Waals surface area contributed by atoms with Crippen molar-refractivity contribution in [3.8, 4) is 0 Å². The SMILES string of the molecule is CCCCCCCCCCCCCCCCCCCCCC(=O)O[C@H](COC(=O)CCCCCCCCCCCCCCCCCCCC)COP(=O)(O)OC[C@@H](O)COP(=O)(O)OC[C@@H](COC(=O)CCCCCCCCCCC(C)CC)OC(=O)CCCCCCCCCCCCCCC. The van der Waals surface area contributed by atoms with Gasteiger partial charge in [0.2, 0.25) is 0 Å². The van der Waals surface area contributed by atoms with E-state index in [9.17, 15) is 43.2 Å². The standard InChI is InChI=1S/C83H162O17P2/c1-6-10-13-16-19-22-25-28-30-32-34-36-38-41-44-47-54-59-64-69-83(88)99-78(72-93-80(85)66-61-56-51-45-42-40-37-35-33-31-29-26-23-20-17-14-11-7-2)74-97-101(89,90)95-70-77(84)71-96-102(91,92)98-75-79(73-94-81(86)67-62-57-52-49-48-50-55-60-65-76(5)9-4)100-82(87)68-63-58-53-46-43-39-27-24-21-18-15-12-8-3/h76-79,84H,6-75H2,1-5H3,(H,89,90)(H,91,92)/t76?,77-,78-,79-/m1/s1. The molecule has 17 nitrogen and oxygen atoms in total. The van der Waals surface area contributed by atoms with Gasteiger partial charge >= 0.3 is 39.5 Å². The fraction of sp³-hybridized carbons (Fsp3) is 0.952. The van der Waals surface area contributed by atoms with Crippen molar-refractivity contribution in [2.24, 2.45) is 5.92 Å². The monoisotopic (exact) mass is 1490 g/mol. The summed E-state index contributed by atoms with van der Waals surface area (Å²) in [6, 6.07) is 0. The van der Waals surface area contributed by atoms with Gasteiger partial charge in [-0.25, -0.2) is 9.13 Å². The van der Waals surface area contributed by atoms with Crippen LogP contribution in [0.2, 0.25) is 0 Å². The minimum absolute atomic E-state index is 0.108. The predicted octanol–water partition coefficient (Wildman–Crippen LogP) is 25.2. The molecule has 102 heavy (non-hydrogen) atoms. The summed E-state index contributed by atoms with van der Waals surface area (Å²) >= 11 is 0. The first-order valence-corrected chi connectivity index (χ1v) is 46.2. The highest BCUT2D eigenvalue weighted by Gasteiger charge is 2.30. The average molecular weight is 1490 g/mol. The zero-order valence-electron chi connectivity index (χ0n) is 66.8. The minimum Gasteiger partial charge on any atom is -0.462 e. The van der Waals surface area contributed by atoms with Crippen LogP contribution in [-0.4, -0.2) is 96.7 Å². The smallest absolute Gasteiger partial charge is 0.462 e. The first-order valence-electron chi connectivity index (χ1n) is 43.2. The Bertz CT molecular complexity index is 1950. The number of rotatable bonds is 83. The van der Waals surface area contributed by atoms with Gasteiger partial charge < -0.3 is 33.8 Å². The second kappa shape index (κ2) is 75.9. The summed E-state index contributed by atoms with van der Waals surface area (Å²) in [6.07, 6.45) is 67.9. The predicted molar refractivity (Wildman–Crippen MR) is 418 cm³/mol. The Morgan fingerprint density at radius 3 is 0.696 bits per heavy atom. The van der Waals surface area contributed by atoms with Crippen LogP contribution in [0.3, 0.4) is 0 Å². The summed E-state index contributed by atoms with van der Waals surface area (Å²) in [5, 5.41) is 10.7. The van der Waals surface area contributed by atoms with E-state index in [1.54, 1.807) is 0 Å². The van der Waals surface area contributed by atoms with E-state index in [4.69, 9.17) is 37.0 Å². The zero-order chi connectivity index (χ0) is 74.8. The molecule has 0 spiro atoms. The molecule has 0 rings (SSSR count). The van der Waals surface area contributed by atoms with Crippen LogP contribution < -0.4 is 0 Å². The number of esters is 4. The number of hydrogen-bond acceptors (Lipinski definition) is 15. The summed E-state index contributed by atoms with van der Waals surface area (Å²) in [7, 11) is -9.92. The third kappa shape index (κ3) is 74.9. The van der Waals surface area contributed by atoms with Crippen LogP contribution in [0.5, 0.6) is 0 Å². The Morgan fingerprint density at radius 1 is 0.275 bits per heavy atom. The number of phosphoric acid groups is 2. The Morgan fingerprint density at radius 2 is 0.471 bits per heavy atom. The van der Waals surface area contributed by atoms with Gasteiger partial charge in [-0.2, -0.15) is 0 Å². The lowest BCUT2D eigenvalue weighted by Crippen LogP contribution is -2.30. The lowest BCUT2D eigenvalue weighted by atomic mass is 9.99. The van der Waals surface area contributed by atoms with E-state index in [-0.39, 0.29) is 25.7 Å². The van der Waals surface area contributed by atoms with Gasteiger partial charge in [-0.1, -0.05) is 394 Å². The second-order valence-corrected chi connectivity index (χ2v) is 33.0. The van der Waals surface area contributed by atoms with Crippen LogP contribution in [-0.2, 0) is 65.4 Å². The number of carbonyl (C=O) groups excluding carboxylic acids is 4. The zero-order valence-corrected chi connectivity index (χ0v) is 68.5. The topological polar surface area (TPSA) is 237 Å². The highest BCUT2D eigenvalue weighted by atomic mass is 31.2. The van der Waals surface area contributed by atoms with Gasteiger partial charge in [-0.3, -0.25) is 37.3 Å². The molecule has 0 bridgehead atoms. The Kier molecular flexibility index (Phi) is 74.4. The Hall–Kier alpha value is -1.94. The van der Waals surface area contributed by atoms with Crippen LogP contribution in [0.25, 0.3) is 0 Å². The van der Waals surface area contributed by atoms with Gasteiger partial charge in [0.15, 0.2) is 12.2 Å². The van der Waals surface area contributed by atoms with Crippen molar-refractivity contribution in [2.45, 2.75) is 464 Å². The molecule has 0 radical (unpaired) electrons. The largest absolute Gasteiger partial charge is 0.472 e. The van der Waals surface area contributed by atoms with Crippen molar-refractivity contribution in [1.29, 1.82) is 0 Å². The molecule has 0 amide bonds. The minimum atomic E-state index is -4.96. The van der Waals surface area contributed by atoms with Crippen LogP contribution in [0, 0.1) is 5.92 Å². The molecule has 0 aliphatic carbocycles. The van der Waals surface area contributed by atoms with Crippen LogP contribution >= 0.6 is 15.6 Å². The molecule has 3 N–H and O–H groups in total. The first kappa shape index (κ1) is 100. The molecular formula is C83H162O17P2. The van der Waals surface area contributed by atoms with Crippen molar-refractivity contribution in [3.63, 3.8) is 0 Å². The molecule has 0 aromatic carbocycles. The van der Waals surface area contributed by atoms with E-state index in [0.29, 0.717) is 25.7 Å². The van der Waals surface area contributed by atoms with Crippen molar-refractivity contribution in [3.05, 3.63) is 0 Å². The van der Waals surface area contributed by atoms with Crippen molar-refractivity contribution >= 4 is 39.5 Å². The van der Waals surface area contributed by atoms with Crippen molar-refractivity contribution in [2.75, 3.05) is 39.6 Å². The number of hydrogen-bond donors (Lipinski definition) is 3. The summed E-state index contributed by atoms with van der Waals surface area (Å²) < 4.78 is 68.8. The molecule has 0 aliphatic heterocycles. The van der Waals surface area contributed by atoms with Gasteiger partial charge in [-0.05, 0) is 31.6 Å². The molecule has 0 saturated carbocycles. The highest BCUT2D eigenvalue weighted by Crippen LogP contribution is 2.45. The third-order valence-corrected chi connectivity index (χ3v) is 21.8. The third-order valence-electron chi connectivity index (χ3n) is 19.9. The summed E-state index contributed by atoms with van der Waals surface area (Å²) in [4.78, 5) is 73.1. The molecule has 19 heteroatoms. The summed E-state index contributed by atoms with van der Waals surface area (Å²) in [6.45, 7) is 7.35. The van der Waals surface area contributed by atoms with E-state index in [0.717, 1.165) is 95.8 Å². The molecule has 3 unspecified atom stereocenters. The molecule has 0 saturated heterocycles. The number of ether oxygens (including phenoxy) is 4. The quantitative estimate of drug-likeness (QED) is 0.0222. The lowest BCUT2D eigenvalue weighted by molar-refractivity contribution is -0.161. The average Bonchev–Trinajstić information content (AvgIpc) is 0.941. The lowest BCUT2D eigenvalue weighted by Gasteiger charge is -2.21. The normalized spacial score (nSPS) is 14.1. The number of carbonyl (C=O) groups is 4. The maximum absolute atomic E-state index is 13.1. The van der Waals surface area contributed by atoms with Gasteiger partial charge in [-0.15, -0.1) is 0 Å². The maximum Gasteiger partial charge on any atom is 0.472 e. The van der Waals surface area contributed by atoms with E-state index in [1.807, 2.05) is 0 Å². The van der Waals surface area contributed by atoms with Crippen LogP contribution in [0.15, 0.2) is 0 Å².